The Balaban J connectivity index is 2.84. The minimum absolute atomic E-state index is 0.320. The number of halogens is 1. The highest BCUT2D eigenvalue weighted by Gasteiger charge is 2.11. The van der Waals surface area contributed by atoms with E-state index >= 15 is 0 Å². The van der Waals surface area contributed by atoms with Crippen LogP contribution >= 0.6 is 15.9 Å². The molecule has 0 unspecified atom stereocenters. The number of rotatable bonds is 4. The summed E-state index contributed by atoms with van der Waals surface area (Å²) in [4.78, 5) is 10.2. The molecule has 1 rings (SSSR count). The third kappa shape index (κ3) is 3.48. The Hall–Kier alpha value is -1.15. The van der Waals surface area contributed by atoms with E-state index in [0.29, 0.717) is 19.0 Å². The molecule has 0 saturated heterocycles. The van der Waals surface area contributed by atoms with E-state index in [9.17, 15) is 0 Å². The van der Waals surface area contributed by atoms with Gasteiger partial charge in [-0.2, -0.15) is 5.26 Å². The molecule has 0 aliphatic carbocycles. The Morgan fingerprint density at radius 2 is 2.27 bits per heavy atom. The van der Waals surface area contributed by atoms with Gasteiger partial charge in [-0.15, -0.1) is 0 Å². The molecule has 0 radical (unpaired) electrons. The first kappa shape index (κ1) is 11.9. The van der Waals surface area contributed by atoms with Crippen LogP contribution in [0.4, 0.5) is 5.82 Å². The fourth-order valence-corrected chi connectivity index (χ4v) is 1.59. The largest absolute Gasteiger partial charge is 0.353 e. The monoisotopic (exact) mass is 268 g/mol. The molecule has 0 spiro atoms. The third-order valence-electron chi connectivity index (χ3n) is 2.00. The van der Waals surface area contributed by atoms with Crippen LogP contribution < -0.4 is 4.90 Å². The first-order chi connectivity index (χ1) is 7.15. The maximum Gasteiger partial charge on any atom is 0.133 e. The Morgan fingerprint density at radius 1 is 1.53 bits per heavy atom. The Morgan fingerprint density at radius 3 is 2.80 bits per heavy atom. The summed E-state index contributed by atoms with van der Waals surface area (Å²) in [6, 6.07) is 4.32. The number of anilines is 1. The van der Waals surface area contributed by atoms with E-state index in [2.05, 4.69) is 50.7 Å². The highest BCUT2D eigenvalue weighted by Crippen LogP contribution is 2.17. The molecule has 5 heteroatoms. The lowest BCUT2D eigenvalue weighted by molar-refractivity contribution is 0.675. The molecule has 0 aliphatic rings. The molecule has 0 N–H and O–H groups in total. The van der Waals surface area contributed by atoms with Crippen LogP contribution in [0.5, 0.6) is 0 Å². The smallest absolute Gasteiger partial charge is 0.133 e. The number of aromatic nitrogens is 2. The van der Waals surface area contributed by atoms with Crippen LogP contribution in [0.2, 0.25) is 0 Å². The lowest BCUT2D eigenvalue weighted by Crippen LogP contribution is -2.32. The molecule has 0 bridgehead atoms. The number of hydrogen-bond donors (Lipinski definition) is 0. The van der Waals surface area contributed by atoms with Crippen LogP contribution in [0.1, 0.15) is 20.3 Å². The van der Waals surface area contributed by atoms with Gasteiger partial charge >= 0.3 is 0 Å². The summed E-state index contributed by atoms with van der Waals surface area (Å²) in [6.07, 6.45) is 2.01. The van der Waals surface area contributed by atoms with Gasteiger partial charge in [0.2, 0.25) is 0 Å². The van der Waals surface area contributed by atoms with Gasteiger partial charge < -0.3 is 4.90 Å². The molecule has 0 aromatic carbocycles. The molecule has 0 atom stereocenters. The zero-order valence-corrected chi connectivity index (χ0v) is 10.4. The van der Waals surface area contributed by atoms with Crippen molar-refractivity contribution in [1.82, 2.24) is 9.97 Å². The van der Waals surface area contributed by atoms with Crippen molar-refractivity contribution in [3.05, 3.63) is 17.0 Å². The molecule has 1 heterocycles. The van der Waals surface area contributed by atoms with Gasteiger partial charge in [0.15, 0.2) is 0 Å². The van der Waals surface area contributed by atoms with Crippen LogP contribution in [-0.4, -0.2) is 22.6 Å². The summed E-state index contributed by atoms with van der Waals surface area (Å²) in [5, 5.41) is 8.58. The number of nitrogens with zero attached hydrogens (tertiary/aromatic N) is 4. The topological polar surface area (TPSA) is 52.8 Å². The molecule has 4 nitrogen and oxygen atoms in total. The number of nitriles is 1. The highest BCUT2D eigenvalue weighted by molar-refractivity contribution is 9.10. The summed E-state index contributed by atoms with van der Waals surface area (Å²) in [5.41, 5.74) is 0. The standard InChI is InChI=1S/C10H13BrN4/c1-8(2)15(5-3-4-12)10-6-9(11)13-7-14-10/h6-8H,3,5H2,1-2H3. The van der Waals surface area contributed by atoms with Gasteiger partial charge in [-0.3, -0.25) is 0 Å². The van der Waals surface area contributed by atoms with Gasteiger partial charge in [0.1, 0.15) is 16.7 Å². The summed E-state index contributed by atoms with van der Waals surface area (Å²) >= 11 is 3.30. The second-order valence-electron chi connectivity index (χ2n) is 3.39. The molecule has 15 heavy (non-hydrogen) atoms. The Kier molecular flexibility index (Phi) is 4.50. The molecule has 0 amide bonds. The zero-order valence-electron chi connectivity index (χ0n) is 8.81. The van der Waals surface area contributed by atoms with Crippen molar-refractivity contribution in [1.29, 1.82) is 5.26 Å². The second-order valence-corrected chi connectivity index (χ2v) is 4.21. The van der Waals surface area contributed by atoms with Crippen molar-refractivity contribution in [2.75, 3.05) is 11.4 Å². The summed E-state index contributed by atoms with van der Waals surface area (Å²) in [5.74, 6) is 0.849. The molecule has 0 saturated carbocycles. The quantitative estimate of drug-likeness (QED) is 0.787. The lowest BCUT2D eigenvalue weighted by atomic mass is 10.3. The molecular weight excluding hydrogens is 256 g/mol. The first-order valence-electron chi connectivity index (χ1n) is 4.76. The van der Waals surface area contributed by atoms with Crippen LogP contribution in [0, 0.1) is 11.3 Å². The van der Waals surface area contributed by atoms with E-state index in [0.717, 1.165) is 10.4 Å². The molecule has 80 valence electrons. The zero-order chi connectivity index (χ0) is 11.3. The van der Waals surface area contributed by atoms with Crippen molar-refractivity contribution in [3.63, 3.8) is 0 Å². The van der Waals surface area contributed by atoms with E-state index in [-0.39, 0.29) is 0 Å². The van der Waals surface area contributed by atoms with Gasteiger partial charge in [0.05, 0.1) is 12.5 Å². The van der Waals surface area contributed by atoms with E-state index in [1.54, 1.807) is 0 Å². The lowest BCUT2D eigenvalue weighted by Gasteiger charge is -2.26. The van der Waals surface area contributed by atoms with Crippen LogP contribution in [0.25, 0.3) is 0 Å². The predicted molar refractivity (Wildman–Crippen MR) is 62.4 cm³/mol. The van der Waals surface area contributed by atoms with Gasteiger partial charge in [-0.05, 0) is 29.8 Å². The number of hydrogen-bond acceptors (Lipinski definition) is 4. The summed E-state index contributed by atoms with van der Waals surface area (Å²) in [6.45, 7) is 4.85. The van der Waals surface area contributed by atoms with Crippen LogP contribution in [-0.2, 0) is 0 Å². The first-order valence-corrected chi connectivity index (χ1v) is 5.55. The van der Waals surface area contributed by atoms with Crippen molar-refractivity contribution in [3.8, 4) is 6.07 Å². The maximum absolute atomic E-state index is 8.58. The Bertz CT molecular complexity index is 359. The molecule has 1 aromatic rings. The molecular formula is C10H13BrN4. The van der Waals surface area contributed by atoms with Crippen molar-refractivity contribution < 1.29 is 0 Å². The average molecular weight is 269 g/mol. The van der Waals surface area contributed by atoms with E-state index in [4.69, 9.17) is 5.26 Å². The molecule has 0 fully saturated rings. The fourth-order valence-electron chi connectivity index (χ4n) is 1.29. The fraction of sp³-hybridized carbons (Fsp3) is 0.500. The van der Waals surface area contributed by atoms with Crippen molar-refractivity contribution >= 4 is 21.7 Å². The molecule has 1 aromatic heterocycles. The van der Waals surface area contributed by atoms with Crippen LogP contribution in [0.15, 0.2) is 17.0 Å². The van der Waals surface area contributed by atoms with Crippen molar-refractivity contribution in [2.24, 2.45) is 0 Å². The van der Waals surface area contributed by atoms with Crippen LogP contribution in [0.3, 0.4) is 0 Å². The van der Waals surface area contributed by atoms with Gasteiger partial charge in [-0.25, -0.2) is 9.97 Å². The highest BCUT2D eigenvalue weighted by atomic mass is 79.9. The van der Waals surface area contributed by atoms with Crippen molar-refractivity contribution in [2.45, 2.75) is 26.3 Å². The summed E-state index contributed by atoms with van der Waals surface area (Å²) < 4.78 is 0.759. The van der Waals surface area contributed by atoms with E-state index in [1.165, 1.54) is 6.33 Å². The third-order valence-corrected chi connectivity index (χ3v) is 2.44. The summed E-state index contributed by atoms with van der Waals surface area (Å²) in [7, 11) is 0. The molecule has 0 aliphatic heterocycles. The normalized spacial score (nSPS) is 10.1. The minimum atomic E-state index is 0.320. The van der Waals surface area contributed by atoms with E-state index < -0.39 is 0 Å². The maximum atomic E-state index is 8.58. The second kappa shape index (κ2) is 5.66. The van der Waals surface area contributed by atoms with Gasteiger partial charge in [0.25, 0.3) is 0 Å². The SMILES string of the molecule is CC(C)N(CCC#N)c1cc(Br)ncn1. The van der Waals surface area contributed by atoms with Gasteiger partial charge in [-0.1, -0.05) is 0 Å². The predicted octanol–water partition coefficient (Wildman–Crippen LogP) is 2.37. The van der Waals surface area contributed by atoms with Gasteiger partial charge in [0, 0.05) is 18.7 Å². The van der Waals surface area contributed by atoms with E-state index in [1.807, 2.05) is 6.07 Å². The Labute approximate surface area is 98.1 Å². The average Bonchev–Trinajstić information content (AvgIpc) is 2.18. The minimum Gasteiger partial charge on any atom is -0.353 e.